The molecule has 0 aromatic carbocycles. The zero-order valence-corrected chi connectivity index (χ0v) is 8.44. The molecule has 1 saturated heterocycles. The van der Waals surface area contributed by atoms with Gasteiger partial charge in [0.15, 0.2) is 0 Å². The maximum absolute atomic E-state index is 11.4. The Bertz CT molecular complexity index is 266. The monoisotopic (exact) mass is 204 g/mol. The van der Waals surface area contributed by atoms with E-state index in [1.807, 2.05) is 0 Å². The Kier molecular flexibility index (Phi) is 2.58. The predicted molar refractivity (Wildman–Crippen MR) is 50.9 cm³/mol. The summed E-state index contributed by atoms with van der Waals surface area (Å²) in [6.45, 7) is 2.59. The summed E-state index contributed by atoms with van der Waals surface area (Å²) in [6.07, 6.45) is 2.78. The van der Waals surface area contributed by atoms with Gasteiger partial charge in [-0.3, -0.25) is 0 Å². The standard InChI is InChI=1S/C8H16N2O2S/c11-13(12,8-1-2-8)10-6-7-3-4-9-5-7/h7-10H,1-6H2. The normalized spacial score (nSPS) is 29.4. The van der Waals surface area contributed by atoms with E-state index in [1.165, 1.54) is 0 Å². The third-order valence-electron chi connectivity index (χ3n) is 2.70. The van der Waals surface area contributed by atoms with Crippen molar-refractivity contribution in [2.45, 2.75) is 24.5 Å². The van der Waals surface area contributed by atoms with Gasteiger partial charge in [0, 0.05) is 6.54 Å². The first-order chi connectivity index (χ1) is 6.18. The van der Waals surface area contributed by atoms with Crippen molar-refractivity contribution >= 4 is 10.0 Å². The number of rotatable bonds is 4. The Morgan fingerprint density at radius 3 is 2.62 bits per heavy atom. The van der Waals surface area contributed by atoms with E-state index in [0.29, 0.717) is 12.5 Å². The van der Waals surface area contributed by atoms with Crippen LogP contribution in [0.4, 0.5) is 0 Å². The quantitative estimate of drug-likeness (QED) is 0.660. The summed E-state index contributed by atoms with van der Waals surface area (Å²) in [4.78, 5) is 0. The molecule has 0 radical (unpaired) electrons. The highest BCUT2D eigenvalue weighted by atomic mass is 32.2. The summed E-state index contributed by atoms with van der Waals surface area (Å²) in [6, 6.07) is 0. The lowest BCUT2D eigenvalue weighted by Crippen LogP contribution is -2.32. The van der Waals surface area contributed by atoms with E-state index in [9.17, 15) is 8.42 Å². The highest BCUT2D eigenvalue weighted by Crippen LogP contribution is 2.27. The van der Waals surface area contributed by atoms with Gasteiger partial charge in [-0.25, -0.2) is 13.1 Å². The van der Waals surface area contributed by atoms with Crippen LogP contribution in [0.1, 0.15) is 19.3 Å². The van der Waals surface area contributed by atoms with Gasteiger partial charge in [0.05, 0.1) is 5.25 Å². The van der Waals surface area contributed by atoms with Crippen molar-refractivity contribution in [1.82, 2.24) is 10.0 Å². The van der Waals surface area contributed by atoms with Gasteiger partial charge >= 0.3 is 0 Å². The number of sulfonamides is 1. The maximum Gasteiger partial charge on any atom is 0.214 e. The SMILES string of the molecule is O=S(=O)(NCC1CCNC1)C1CC1. The van der Waals surface area contributed by atoms with Crippen LogP contribution in [-0.2, 0) is 10.0 Å². The molecule has 0 amide bonds. The van der Waals surface area contributed by atoms with Crippen LogP contribution in [0.2, 0.25) is 0 Å². The molecule has 4 nitrogen and oxygen atoms in total. The second-order valence-corrected chi connectivity index (χ2v) is 6.00. The van der Waals surface area contributed by atoms with Gasteiger partial charge in [0.2, 0.25) is 10.0 Å². The molecule has 2 fully saturated rings. The van der Waals surface area contributed by atoms with Crippen molar-refractivity contribution in [1.29, 1.82) is 0 Å². The molecule has 1 saturated carbocycles. The van der Waals surface area contributed by atoms with Crippen LogP contribution in [0.15, 0.2) is 0 Å². The van der Waals surface area contributed by atoms with Crippen molar-refractivity contribution in [3.8, 4) is 0 Å². The molecule has 1 aliphatic carbocycles. The predicted octanol–water partition coefficient (Wildman–Crippen LogP) is -0.322. The van der Waals surface area contributed by atoms with Crippen LogP contribution in [0, 0.1) is 5.92 Å². The van der Waals surface area contributed by atoms with Crippen molar-refractivity contribution in [3.05, 3.63) is 0 Å². The largest absolute Gasteiger partial charge is 0.316 e. The summed E-state index contributed by atoms with van der Waals surface area (Å²) in [5, 5.41) is 3.14. The van der Waals surface area contributed by atoms with E-state index in [0.717, 1.165) is 32.4 Å². The molecule has 0 spiro atoms. The second kappa shape index (κ2) is 3.55. The lowest BCUT2D eigenvalue weighted by Gasteiger charge is -2.09. The first-order valence-electron chi connectivity index (χ1n) is 4.88. The van der Waals surface area contributed by atoms with Gasteiger partial charge < -0.3 is 5.32 Å². The van der Waals surface area contributed by atoms with Gasteiger partial charge in [-0.05, 0) is 38.3 Å². The molecule has 0 bridgehead atoms. The highest BCUT2D eigenvalue weighted by Gasteiger charge is 2.35. The minimum Gasteiger partial charge on any atom is -0.316 e. The molecule has 0 aromatic rings. The van der Waals surface area contributed by atoms with Crippen molar-refractivity contribution in [3.63, 3.8) is 0 Å². The van der Waals surface area contributed by atoms with E-state index >= 15 is 0 Å². The average molecular weight is 204 g/mol. The van der Waals surface area contributed by atoms with E-state index in [-0.39, 0.29) is 5.25 Å². The van der Waals surface area contributed by atoms with Gasteiger partial charge in [0.1, 0.15) is 0 Å². The fourth-order valence-electron chi connectivity index (χ4n) is 1.62. The first kappa shape index (κ1) is 9.43. The third kappa shape index (κ3) is 2.42. The smallest absolute Gasteiger partial charge is 0.214 e. The summed E-state index contributed by atoms with van der Waals surface area (Å²) in [5.74, 6) is 0.494. The fraction of sp³-hybridized carbons (Fsp3) is 1.00. The average Bonchev–Trinajstić information content (AvgIpc) is 2.82. The molecular formula is C8H16N2O2S. The van der Waals surface area contributed by atoms with Crippen LogP contribution in [0.25, 0.3) is 0 Å². The molecule has 1 unspecified atom stereocenters. The topological polar surface area (TPSA) is 58.2 Å². The van der Waals surface area contributed by atoms with Crippen molar-refractivity contribution < 1.29 is 8.42 Å². The van der Waals surface area contributed by atoms with Crippen LogP contribution >= 0.6 is 0 Å². The first-order valence-corrected chi connectivity index (χ1v) is 6.42. The van der Waals surface area contributed by atoms with E-state index in [2.05, 4.69) is 10.0 Å². The summed E-state index contributed by atoms with van der Waals surface area (Å²) < 4.78 is 25.5. The number of hydrogen-bond donors (Lipinski definition) is 2. The molecule has 0 aromatic heterocycles. The highest BCUT2D eigenvalue weighted by molar-refractivity contribution is 7.90. The summed E-state index contributed by atoms with van der Waals surface area (Å²) in [7, 11) is -2.95. The zero-order chi connectivity index (χ0) is 9.31. The molecular weight excluding hydrogens is 188 g/mol. The zero-order valence-electron chi connectivity index (χ0n) is 7.62. The van der Waals surface area contributed by atoms with Crippen LogP contribution < -0.4 is 10.0 Å². The maximum atomic E-state index is 11.4. The fourth-order valence-corrected chi connectivity index (χ4v) is 3.08. The molecule has 1 aliphatic heterocycles. The van der Waals surface area contributed by atoms with Gasteiger partial charge in [0.25, 0.3) is 0 Å². The Morgan fingerprint density at radius 2 is 2.08 bits per heavy atom. The van der Waals surface area contributed by atoms with E-state index < -0.39 is 10.0 Å². The minimum absolute atomic E-state index is 0.0816. The van der Waals surface area contributed by atoms with Crippen LogP contribution in [0.5, 0.6) is 0 Å². The van der Waals surface area contributed by atoms with Gasteiger partial charge in [-0.15, -0.1) is 0 Å². The lowest BCUT2D eigenvalue weighted by molar-refractivity contribution is 0.538. The molecule has 2 N–H and O–H groups in total. The lowest BCUT2D eigenvalue weighted by atomic mass is 10.1. The second-order valence-electron chi connectivity index (χ2n) is 3.95. The van der Waals surface area contributed by atoms with Gasteiger partial charge in [-0.2, -0.15) is 0 Å². The Labute approximate surface area is 79.1 Å². The molecule has 5 heteroatoms. The molecule has 2 aliphatic rings. The number of nitrogens with one attached hydrogen (secondary N) is 2. The Morgan fingerprint density at radius 1 is 1.31 bits per heavy atom. The summed E-state index contributed by atoms with van der Waals surface area (Å²) >= 11 is 0. The van der Waals surface area contributed by atoms with Crippen LogP contribution in [-0.4, -0.2) is 33.3 Å². The van der Waals surface area contributed by atoms with Crippen molar-refractivity contribution in [2.24, 2.45) is 5.92 Å². The third-order valence-corrected chi connectivity index (χ3v) is 4.62. The van der Waals surface area contributed by atoms with Crippen molar-refractivity contribution in [2.75, 3.05) is 19.6 Å². The molecule has 2 rings (SSSR count). The van der Waals surface area contributed by atoms with Crippen LogP contribution in [0.3, 0.4) is 0 Å². The molecule has 1 atom stereocenters. The van der Waals surface area contributed by atoms with E-state index in [1.54, 1.807) is 0 Å². The summed E-state index contributed by atoms with van der Waals surface area (Å²) in [5.41, 5.74) is 0. The van der Waals surface area contributed by atoms with E-state index in [4.69, 9.17) is 0 Å². The molecule has 1 heterocycles. The van der Waals surface area contributed by atoms with Gasteiger partial charge in [-0.1, -0.05) is 0 Å². The molecule has 13 heavy (non-hydrogen) atoms. The molecule has 76 valence electrons. The number of hydrogen-bond acceptors (Lipinski definition) is 3. The minimum atomic E-state index is -2.95. The Balaban J connectivity index is 1.77. The Hall–Kier alpha value is -0.130.